The largest absolute Gasteiger partial charge is 0.384 e. The van der Waals surface area contributed by atoms with Gasteiger partial charge < -0.3 is 19.8 Å². The number of carbonyl (C=O) groups is 1. The van der Waals surface area contributed by atoms with E-state index in [9.17, 15) is 13.2 Å². The van der Waals surface area contributed by atoms with E-state index < -0.39 is 10.1 Å². The summed E-state index contributed by atoms with van der Waals surface area (Å²) in [5.74, 6) is 0.507. The summed E-state index contributed by atoms with van der Waals surface area (Å²) in [6.07, 6.45) is 1.80. The van der Waals surface area contributed by atoms with Gasteiger partial charge in [0.05, 0.1) is 11.0 Å². The van der Waals surface area contributed by atoms with Crippen LogP contribution in [0.2, 0.25) is 0 Å². The van der Waals surface area contributed by atoms with Crippen LogP contribution in [0.4, 0.5) is 11.6 Å². The van der Waals surface area contributed by atoms with Crippen molar-refractivity contribution < 1.29 is 17.4 Å². The molecule has 1 saturated carbocycles. The Morgan fingerprint density at radius 2 is 1.88 bits per heavy atom. The Hall–Kier alpha value is -3.15. The van der Waals surface area contributed by atoms with E-state index in [0.29, 0.717) is 17.0 Å². The Labute approximate surface area is 198 Å². The molecule has 11 heteroatoms. The minimum atomic E-state index is -4.00. The van der Waals surface area contributed by atoms with Crippen molar-refractivity contribution in [2.24, 2.45) is 5.92 Å². The highest BCUT2D eigenvalue weighted by Crippen LogP contribution is 2.30. The lowest BCUT2D eigenvalue weighted by molar-refractivity contribution is -0.117. The molecule has 34 heavy (non-hydrogen) atoms. The number of hydrogen-bond donors (Lipinski definition) is 4. The minimum absolute atomic E-state index is 0.0557. The smallest absolute Gasteiger partial charge is 0.339 e. The SMILES string of the molecule is O=C(Nc1nc2ccc(OS(=O)(=O)c3ccc(NCCN4CCNCC4)cc3)cc2[nH]1)C1CC1. The lowest BCUT2D eigenvalue weighted by Crippen LogP contribution is -2.45. The van der Waals surface area contributed by atoms with Crippen LogP contribution in [0.25, 0.3) is 11.0 Å². The first-order valence-corrected chi connectivity index (χ1v) is 12.9. The van der Waals surface area contributed by atoms with Crippen LogP contribution in [-0.2, 0) is 14.9 Å². The molecule has 0 unspecified atom stereocenters. The molecule has 1 amide bonds. The number of amides is 1. The molecule has 180 valence electrons. The maximum atomic E-state index is 12.8. The lowest BCUT2D eigenvalue weighted by atomic mass is 10.3. The zero-order chi connectivity index (χ0) is 23.5. The van der Waals surface area contributed by atoms with Crippen molar-refractivity contribution in [2.75, 3.05) is 49.9 Å². The number of imidazole rings is 1. The van der Waals surface area contributed by atoms with Crippen LogP contribution in [0, 0.1) is 5.92 Å². The molecule has 0 bridgehead atoms. The minimum Gasteiger partial charge on any atom is -0.384 e. The molecule has 1 aliphatic heterocycles. The van der Waals surface area contributed by atoms with Gasteiger partial charge in [0.2, 0.25) is 11.9 Å². The third kappa shape index (κ3) is 5.49. The molecule has 10 nitrogen and oxygen atoms in total. The van der Waals surface area contributed by atoms with Crippen LogP contribution in [-0.4, -0.2) is 68.5 Å². The zero-order valence-corrected chi connectivity index (χ0v) is 19.5. The van der Waals surface area contributed by atoms with E-state index in [0.717, 1.165) is 57.8 Å². The molecule has 2 fully saturated rings. The first-order chi connectivity index (χ1) is 16.5. The molecule has 4 N–H and O–H groups in total. The molecule has 1 saturated heterocycles. The van der Waals surface area contributed by atoms with E-state index in [1.165, 1.54) is 12.1 Å². The number of rotatable bonds is 9. The molecular weight excluding hydrogens is 456 g/mol. The summed E-state index contributed by atoms with van der Waals surface area (Å²) in [5, 5.41) is 9.41. The van der Waals surface area contributed by atoms with Crippen molar-refractivity contribution in [3.05, 3.63) is 42.5 Å². The van der Waals surface area contributed by atoms with Crippen molar-refractivity contribution in [2.45, 2.75) is 17.7 Å². The maximum Gasteiger partial charge on any atom is 0.339 e. The van der Waals surface area contributed by atoms with Gasteiger partial charge in [0.1, 0.15) is 10.6 Å². The third-order valence-corrected chi connectivity index (χ3v) is 7.22. The molecule has 5 rings (SSSR count). The van der Waals surface area contributed by atoms with Gasteiger partial charge in [0, 0.05) is 56.9 Å². The Morgan fingerprint density at radius 3 is 2.62 bits per heavy atom. The summed E-state index contributed by atoms with van der Waals surface area (Å²) in [5.41, 5.74) is 2.03. The molecule has 2 aromatic carbocycles. The van der Waals surface area contributed by atoms with Gasteiger partial charge in [-0.1, -0.05) is 0 Å². The van der Waals surface area contributed by atoms with E-state index in [1.807, 2.05) is 0 Å². The number of hydrogen-bond acceptors (Lipinski definition) is 8. The first-order valence-electron chi connectivity index (χ1n) is 11.5. The average Bonchev–Trinajstić information content (AvgIpc) is 3.61. The average molecular weight is 485 g/mol. The van der Waals surface area contributed by atoms with E-state index >= 15 is 0 Å². The van der Waals surface area contributed by atoms with Crippen molar-refractivity contribution >= 4 is 38.7 Å². The van der Waals surface area contributed by atoms with Crippen LogP contribution in [0.3, 0.4) is 0 Å². The molecule has 0 radical (unpaired) electrons. The number of nitrogens with zero attached hydrogens (tertiary/aromatic N) is 2. The number of fused-ring (bicyclic) bond motifs is 1. The monoisotopic (exact) mass is 484 g/mol. The summed E-state index contributed by atoms with van der Waals surface area (Å²) < 4.78 is 30.9. The van der Waals surface area contributed by atoms with Crippen LogP contribution in [0.1, 0.15) is 12.8 Å². The summed E-state index contributed by atoms with van der Waals surface area (Å²) >= 11 is 0. The van der Waals surface area contributed by atoms with Gasteiger partial charge >= 0.3 is 10.1 Å². The van der Waals surface area contributed by atoms with Crippen molar-refractivity contribution in [3.63, 3.8) is 0 Å². The summed E-state index contributed by atoms with van der Waals surface area (Å²) in [6.45, 7) is 5.83. The van der Waals surface area contributed by atoms with Gasteiger partial charge in [-0.3, -0.25) is 15.0 Å². The van der Waals surface area contributed by atoms with Crippen LogP contribution in [0.15, 0.2) is 47.4 Å². The number of aromatic amines is 1. The first kappa shape index (κ1) is 22.6. The normalized spacial score (nSPS) is 16.9. The third-order valence-electron chi connectivity index (χ3n) is 5.96. The predicted molar refractivity (Wildman–Crippen MR) is 130 cm³/mol. The van der Waals surface area contributed by atoms with E-state index in [4.69, 9.17) is 4.18 Å². The van der Waals surface area contributed by atoms with Gasteiger partial charge in [-0.05, 0) is 49.2 Å². The van der Waals surface area contributed by atoms with Crippen LogP contribution >= 0.6 is 0 Å². The summed E-state index contributed by atoms with van der Waals surface area (Å²) in [7, 11) is -4.00. The Bertz CT molecular complexity index is 1260. The number of anilines is 2. The standard InChI is InChI=1S/C23H28N6O4S/c30-22(16-1-2-16)28-23-26-20-8-5-18(15-21(20)27-23)33-34(31,32)19-6-3-17(4-7-19)25-11-14-29-12-9-24-10-13-29/h3-8,15-16,24-25H,1-2,9-14H2,(H2,26,27,28,30). The van der Waals surface area contributed by atoms with Crippen molar-refractivity contribution in [3.8, 4) is 5.75 Å². The number of carbonyl (C=O) groups excluding carboxylic acids is 1. The molecule has 1 aliphatic carbocycles. The predicted octanol–water partition coefficient (Wildman–Crippen LogP) is 2.00. The fourth-order valence-electron chi connectivity index (χ4n) is 3.87. The molecule has 2 heterocycles. The highest BCUT2D eigenvalue weighted by Gasteiger charge is 2.30. The fourth-order valence-corrected chi connectivity index (χ4v) is 4.79. The number of aromatic nitrogens is 2. The zero-order valence-electron chi connectivity index (χ0n) is 18.7. The quantitative estimate of drug-likeness (QED) is 0.340. The van der Waals surface area contributed by atoms with Gasteiger partial charge in [-0.25, -0.2) is 4.98 Å². The molecular formula is C23H28N6O4S. The molecule has 0 atom stereocenters. The highest BCUT2D eigenvalue weighted by molar-refractivity contribution is 7.87. The Kier molecular flexibility index (Phi) is 6.40. The van der Waals surface area contributed by atoms with Gasteiger partial charge in [-0.2, -0.15) is 8.42 Å². The number of piperazine rings is 1. The molecule has 1 aromatic heterocycles. The van der Waals surface area contributed by atoms with E-state index in [2.05, 4.69) is 30.8 Å². The Balaban J connectivity index is 1.19. The van der Waals surface area contributed by atoms with Gasteiger partial charge in [0.15, 0.2) is 0 Å². The summed E-state index contributed by atoms with van der Waals surface area (Å²) in [6, 6.07) is 11.3. The number of H-pyrrole nitrogens is 1. The fraction of sp³-hybridized carbons (Fsp3) is 0.391. The van der Waals surface area contributed by atoms with Crippen molar-refractivity contribution in [1.82, 2.24) is 20.2 Å². The maximum absolute atomic E-state index is 12.8. The van der Waals surface area contributed by atoms with E-state index in [-0.39, 0.29) is 22.5 Å². The van der Waals surface area contributed by atoms with Crippen LogP contribution < -0.4 is 20.1 Å². The van der Waals surface area contributed by atoms with Gasteiger partial charge in [-0.15, -0.1) is 0 Å². The Morgan fingerprint density at radius 1 is 1.12 bits per heavy atom. The van der Waals surface area contributed by atoms with Crippen LogP contribution in [0.5, 0.6) is 5.75 Å². The second-order valence-corrected chi connectivity index (χ2v) is 10.2. The van der Waals surface area contributed by atoms with Gasteiger partial charge in [0.25, 0.3) is 0 Å². The van der Waals surface area contributed by atoms with E-state index in [1.54, 1.807) is 30.3 Å². The molecule has 2 aliphatic rings. The molecule has 3 aromatic rings. The van der Waals surface area contributed by atoms with Crippen molar-refractivity contribution in [1.29, 1.82) is 0 Å². The second kappa shape index (κ2) is 9.61. The number of nitrogens with one attached hydrogen (secondary N) is 4. The summed E-state index contributed by atoms with van der Waals surface area (Å²) in [4.78, 5) is 21.7. The topological polar surface area (TPSA) is 128 Å². The number of benzene rings is 2. The highest BCUT2D eigenvalue weighted by atomic mass is 32.2. The second-order valence-electron chi connectivity index (χ2n) is 8.61. The molecule has 0 spiro atoms. The lowest BCUT2D eigenvalue weighted by Gasteiger charge is -2.27.